The summed E-state index contributed by atoms with van der Waals surface area (Å²) in [5.41, 5.74) is 2.44. The van der Waals surface area contributed by atoms with Crippen LogP contribution in [0.5, 0.6) is 0 Å². The molecule has 32 heavy (non-hydrogen) atoms. The first-order valence-corrected chi connectivity index (χ1v) is 12.7. The lowest BCUT2D eigenvalue weighted by molar-refractivity contribution is 0.0958. The van der Waals surface area contributed by atoms with Gasteiger partial charge in [-0.15, -0.1) is 11.3 Å². The highest BCUT2D eigenvalue weighted by Gasteiger charge is 2.20. The second kappa shape index (κ2) is 9.89. The maximum absolute atomic E-state index is 13.0. The summed E-state index contributed by atoms with van der Waals surface area (Å²) >= 11 is 1.33. The average Bonchev–Trinajstić information content (AvgIpc) is 3.29. The Hall–Kier alpha value is -3.29. The van der Waals surface area contributed by atoms with Crippen LogP contribution in [-0.2, 0) is 9.84 Å². The van der Waals surface area contributed by atoms with E-state index in [0.717, 1.165) is 16.1 Å². The lowest BCUT2D eigenvalue weighted by atomic mass is 10.1. The van der Waals surface area contributed by atoms with Gasteiger partial charge in [0.15, 0.2) is 9.84 Å². The van der Waals surface area contributed by atoms with Gasteiger partial charge in [0.1, 0.15) is 9.88 Å². The SMILES string of the molecule is O=C(NCCCS(=O)(=O)c1ccccc1)c1sc(-c2ccccc2)nc1-c1ccccc1. The van der Waals surface area contributed by atoms with Gasteiger partial charge in [0.05, 0.1) is 16.3 Å². The standard InChI is InChI=1S/C25H22N2O3S2/c28-24(26-17-10-18-32(29,30)21-15-8-3-9-16-21)23-22(19-11-4-1-5-12-19)27-25(31-23)20-13-6-2-7-14-20/h1-9,11-16H,10,17-18H2,(H,26,28). The van der Waals surface area contributed by atoms with Gasteiger partial charge in [-0.2, -0.15) is 0 Å². The van der Waals surface area contributed by atoms with Gasteiger partial charge in [-0.05, 0) is 18.6 Å². The highest BCUT2D eigenvalue weighted by molar-refractivity contribution is 7.91. The van der Waals surface area contributed by atoms with Crippen LogP contribution in [0.4, 0.5) is 0 Å². The number of carbonyl (C=O) groups is 1. The summed E-state index contributed by atoms with van der Waals surface area (Å²) in [5.74, 6) is -0.276. The number of rotatable bonds is 8. The molecule has 1 amide bonds. The minimum Gasteiger partial charge on any atom is -0.351 e. The van der Waals surface area contributed by atoms with E-state index >= 15 is 0 Å². The van der Waals surface area contributed by atoms with Crippen molar-refractivity contribution in [2.24, 2.45) is 0 Å². The molecule has 0 aliphatic rings. The van der Waals surface area contributed by atoms with Crippen LogP contribution < -0.4 is 5.32 Å². The zero-order valence-corrected chi connectivity index (χ0v) is 18.9. The van der Waals surface area contributed by atoms with Crippen LogP contribution in [0.25, 0.3) is 21.8 Å². The molecule has 0 atom stereocenters. The fourth-order valence-corrected chi connectivity index (χ4v) is 5.60. The van der Waals surface area contributed by atoms with Crippen LogP contribution in [0.2, 0.25) is 0 Å². The van der Waals surface area contributed by atoms with E-state index in [1.807, 2.05) is 60.7 Å². The van der Waals surface area contributed by atoms with E-state index in [0.29, 0.717) is 21.9 Å². The first kappa shape index (κ1) is 21.9. The number of aromatic nitrogens is 1. The normalized spacial score (nSPS) is 11.2. The number of hydrogen-bond acceptors (Lipinski definition) is 5. The molecule has 1 heterocycles. The van der Waals surface area contributed by atoms with Gasteiger partial charge in [0.25, 0.3) is 5.91 Å². The van der Waals surface area contributed by atoms with E-state index in [-0.39, 0.29) is 18.2 Å². The minimum absolute atomic E-state index is 0.0270. The monoisotopic (exact) mass is 462 g/mol. The molecular weight excluding hydrogens is 440 g/mol. The van der Waals surface area contributed by atoms with Crippen molar-refractivity contribution in [3.05, 3.63) is 95.9 Å². The molecule has 0 saturated carbocycles. The second-order valence-corrected chi connectivity index (χ2v) is 10.3. The summed E-state index contributed by atoms with van der Waals surface area (Å²) in [6.45, 7) is 0.262. The summed E-state index contributed by atoms with van der Waals surface area (Å²) in [5, 5.41) is 3.63. The Morgan fingerprint density at radius 2 is 1.38 bits per heavy atom. The Morgan fingerprint density at radius 3 is 2.00 bits per heavy atom. The molecule has 0 aliphatic carbocycles. The highest BCUT2D eigenvalue weighted by atomic mass is 32.2. The van der Waals surface area contributed by atoms with Crippen molar-refractivity contribution in [1.82, 2.24) is 10.3 Å². The Balaban J connectivity index is 1.48. The molecule has 0 radical (unpaired) electrons. The summed E-state index contributed by atoms with van der Waals surface area (Å²) in [4.78, 5) is 18.5. The smallest absolute Gasteiger partial charge is 0.263 e. The fraction of sp³-hybridized carbons (Fsp3) is 0.120. The molecule has 0 fully saturated rings. The van der Waals surface area contributed by atoms with Gasteiger partial charge in [-0.25, -0.2) is 13.4 Å². The zero-order chi connectivity index (χ0) is 22.4. The maximum atomic E-state index is 13.0. The summed E-state index contributed by atoms with van der Waals surface area (Å²) in [6, 6.07) is 27.7. The van der Waals surface area contributed by atoms with E-state index < -0.39 is 9.84 Å². The van der Waals surface area contributed by atoms with E-state index in [4.69, 9.17) is 4.98 Å². The number of nitrogens with one attached hydrogen (secondary N) is 1. The van der Waals surface area contributed by atoms with Crippen molar-refractivity contribution in [2.45, 2.75) is 11.3 Å². The van der Waals surface area contributed by atoms with Crippen LogP contribution in [-0.4, -0.2) is 31.6 Å². The molecule has 162 valence electrons. The van der Waals surface area contributed by atoms with Crippen LogP contribution in [0.3, 0.4) is 0 Å². The van der Waals surface area contributed by atoms with Crippen molar-refractivity contribution < 1.29 is 13.2 Å². The second-order valence-electron chi connectivity index (χ2n) is 7.17. The Morgan fingerprint density at radius 1 is 0.812 bits per heavy atom. The number of nitrogens with zero attached hydrogens (tertiary/aromatic N) is 1. The number of hydrogen-bond donors (Lipinski definition) is 1. The number of sulfone groups is 1. The van der Waals surface area contributed by atoms with Crippen LogP contribution in [0.1, 0.15) is 16.1 Å². The Bertz CT molecular complexity index is 1290. The van der Waals surface area contributed by atoms with Gasteiger partial charge in [-0.1, -0.05) is 78.9 Å². The third-order valence-corrected chi connectivity index (χ3v) is 7.80. The molecule has 4 rings (SSSR count). The highest BCUT2D eigenvalue weighted by Crippen LogP contribution is 2.33. The van der Waals surface area contributed by atoms with Gasteiger partial charge < -0.3 is 5.32 Å². The Labute approximate surface area is 191 Å². The molecule has 1 N–H and O–H groups in total. The van der Waals surface area contributed by atoms with E-state index in [1.54, 1.807) is 30.3 Å². The summed E-state index contributed by atoms with van der Waals surface area (Å²) in [6.07, 6.45) is 0.327. The molecule has 7 heteroatoms. The molecular formula is C25H22N2O3S2. The van der Waals surface area contributed by atoms with Crippen molar-refractivity contribution in [3.8, 4) is 21.8 Å². The van der Waals surface area contributed by atoms with Crippen molar-refractivity contribution >= 4 is 27.1 Å². The first-order valence-electron chi connectivity index (χ1n) is 10.2. The third kappa shape index (κ3) is 5.12. The third-order valence-electron chi connectivity index (χ3n) is 4.88. The predicted molar refractivity (Wildman–Crippen MR) is 128 cm³/mol. The van der Waals surface area contributed by atoms with Crippen LogP contribution in [0.15, 0.2) is 95.9 Å². The summed E-state index contributed by atoms with van der Waals surface area (Å²) < 4.78 is 24.9. The van der Waals surface area contributed by atoms with Crippen molar-refractivity contribution in [1.29, 1.82) is 0 Å². The van der Waals surface area contributed by atoms with Crippen LogP contribution >= 0.6 is 11.3 Å². The minimum atomic E-state index is -3.37. The molecule has 1 aromatic heterocycles. The number of thiazole rings is 1. The van der Waals surface area contributed by atoms with E-state index in [9.17, 15) is 13.2 Å². The van der Waals surface area contributed by atoms with E-state index in [2.05, 4.69) is 5.32 Å². The van der Waals surface area contributed by atoms with Crippen molar-refractivity contribution in [2.75, 3.05) is 12.3 Å². The first-order chi connectivity index (χ1) is 15.5. The quantitative estimate of drug-likeness (QED) is 0.371. The lowest BCUT2D eigenvalue weighted by Gasteiger charge is -2.07. The van der Waals surface area contributed by atoms with Crippen LogP contribution in [0, 0.1) is 0 Å². The topological polar surface area (TPSA) is 76.1 Å². The molecule has 0 saturated heterocycles. The Kier molecular flexibility index (Phi) is 6.78. The maximum Gasteiger partial charge on any atom is 0.263 e. The molecule has 0 bridgehead atoms. The summed E-state index contributed by atoms with van der Waals surface area (Å²) in [7, 11) is -3.37. The van der Waals surface area contributed by atoms with E-state index in [1.165, 1.54) is 11.3 Å². The van der Waals surface area contributed by atoms with Crippen molar-refractivity contribution in [3.63, 3.8) is 0 Å². The molecule has 5 nitrogen and oxygen atoms in total. The largest absolute Gasteiger partial charge is 0.351 e. The molecule has 0 aliphatic heterocycles. The average molecular weight is 463 g/mol. The number of carbonyl (C=O) groups excluding carboxylic acids is 1. The molecule has 3 aromatic carbocycles. The number of amides is 1. The molecule has 0 spiro atoms. The molecule has 4 aromatic rings. The van der Waals surface area contributed by atoms with Gasteiger partial charge >= 0.3 is 0 Å². The fourth-order valence-electron chi connectivity index (χ4n) is 3.26. The van der Waals surface area contributed by atoms with Gasteiger partial charge in [0.2, 0.25) is 0 Å². The predicted octanol–water partition coefficient (Wildman–Crippen LogP) is 5.07. The lowest BCUT2D eigenvalue weighted by Crippen LogP contribution is -2.25. The molecule has 0 unspecified atom stereocenters. The van der Waals surface area contributed by atoms with Gasteiger partial charge in [0, 0.05) is 17.7 Å². The number of benzene rings is 3. The zero-order valence-electron chi connectivity index (χ0n) is 17.3. The van der Waals surface area contributed by atoms with Gasteiger partial charge in [-0.3, -0.25) is 4.79 Å².